The minimum Gasteiger partial charge on any atom is -0.498 e. The maximum Gasteiger partial charge on any atom is 0.147 e. The van der Waals surface area contributed by atoms with Crippen LogP contribution in [0.3, 0.4) is 0 Å². The molecule has 12 fully saturated rings. The number of rotatable bonds is 0. The number of aryl methyl sites for hydroxylation is 1. The summed E-state index contributed by atoms with van der Waals surface area (Å²) in [4.78, 5) is 2.44. The monoisotopic (exact) mass is 1220 g/mol. The van der Waals surface area contributed by atoms with Gasteiger partial charge in [0.15, 0.2) is 0 Å². The Kier molecular flexibility index (Phi) is 20.1. The van der Waals surface area contributed by atoms with Crippen LogP contribution in [0.2, 0.25) is 0 Å². The lowest BCUT2D eigenvalue weighted by atomic mass is 9.74. The lowest BCUT2D eigenvalue weighted by Crippen LogP contribution is -2.37. The second kappa shape index (κ2) is 28.3. The van der Waals surface area contributed by atoms with Crippen LogP contribution in [0, 0.1) is 101 Å². The zero-order valence-electron chi connectivity index (χ0n) is 53.4. The van der Waals surface area contributed by atoms with Crippen molar-refractivity contribution in [1.29, 1.82) is 0 Å². The van der Waals surface area contributed by atoms with Crippen LogP contribution in [-0.4, -0.2) is 52.9 Å². The maximum absolute atomic E-state index is 5.58. The van der Waals surface area contributed by atoms with Gasteiger partial charge in [0, 0.05) is 43.7 Å². The van der Waals surface area contributed by atoms with E-state index in [0.717, 1.165) is 112 Å². The maximum atomic E-state index is 5.58. The molecule has 3 aromatic heterocycles. The van der Waals surface area contributed by atoms with Gasteiger partial charge in [0.25, 0.3) is 0 Å². The van der Waals surface area contributed by atoms with E-state index in [-0.39, 0.29) is 7.43 Å². The highest BCUT2D eigenvalue weighted by Crippen LogP contribution is 2.53. The second-order valence-electron chi connectivity index (χ2n) is 32.2. The van der Waals surface area contributed by atoms with E-state index in [1.54, 1.807) is 22.3 Å². The Hall–Kier alpha value is -2.65. The van der Waals surface area contributed by atoms with E-state index >= 15 is 0 Å². The molecule has 0 N–H and O–H groups in total. The van der Waals surface area contributed by atoms with Crippen LogP contribution in [0.1, 0.15) is 227 Å². The van der Waals surface area contributed by atoms with Gasteiger partial charge in [-0.15, -0.1) is 11.8 Å². The number of thioether (sulfide) groups is 1. The van der Waals surface area contributed by atoms with Gasteiger partial charge in [-0.1, -0.05) is 116 Å². The Morgan fingerprint density at radius 3 is 1.33 bits per heavy atom. The van der Waals surface area contributed by atoms with Crippen LogP contribution >= 0.6 is 23.1 Å². The summed E-state index contributed by atoms with van der Waals surface area (Å²) in [6, 6.07) is 0.861. The Labute approximate surface area is 536 Å². The Morgan fingerprint density at radius 2 is 0.816 bits per heavy atom. The molecule has 3 aromatic rings. The number of nitrogens with zero attached hydrogens (tertiary/aromatic N) is 2. The van der Waals surface area contributed by atoms with E-state index in [2.05, 4.69) is 88.3 Å². The zero-order valence-corrected chi connectivity index (χ0v) is 55.1. The van der Waals surface area contributed by atoms with Gasteiger partial charge in [-0.05, 0) is 285 Å². The summed E-state index contributed by atoms with van der Waals surface area (Å²) in [5.74, 6) is 17.1. The summed E-state index contributed by atoms with van der Waals surface area (Å²) in [6.07, 6.45) is 71.9. The standard InChI is InChI=1S/C12H17N.C12H19N.C11H14O.C11H16O.C11H14S.C11H16S.C10H16O2.CH4/c1-13-7-11-5-9-3-2-4-10(9)6-12(11)8-13;1-13-6-5-11-7-9-3-2-4-10(9)8-12(11)13;1-2-8-4-10-6-12-7-11(10)5-9(8)3-1;1-2-8-6-10-4-5-12-11(10)7-9(8)3-1;1-2-8-4-10-6-12-7-11(10)5-9(8)3-1;1-2-8-6-10-4-5-12-11(10)7-9(8)3-1;1-2-7-4-9-10(12-6-11-9)5-8(7)3-1;/h7-10H,2-6H2,1H3;5-6,9-12H,2-4,7-8H2,1H3;6-9H,1-5H2;4-5,8-11H,1-3,6-7H2;6-9H,1-5H2;4-5,8-11H,1-3,6-7H2;7-10H,1-6H2;1H4. The number of hydrogen-bond donors (Lipinski definition) is 0. The summed E-state index contributed by atoms with van der Waals surface area (Å²) in [6.45, 7) is 0.550. The van der Waals surface area contributed by atoms with E-state index in [0.29, 0.717) is 25.1 Å². The number of aromatic nitrogens is 1. The van der Waals surface area contributed by atoms with Crippen molar-refractivity contribution in [2.45, 2.75) is 262 Å². The summed E-state index contributed by atoms with van der Waals surface area (Å²) in [7, 11) is 4.39. The molecule has 87 heavy (non-hydrogen) atoms. The molecule has 11 saturated carbocycles. The summed E-state index contributed by atoms with van der Waals surface area (Å²) >= 11 is 3.99. The van der Waals surface area contributed by atoms with Gasteiger partial charge < -0.3 is 28.1 Å². The van der Waals surface area contributed by atoms with Crippen molar-refractivity contribution < 1.29 is 18.6 Å². The fourth-order valence-corrected chi connectivity index (χ4v) is 24.9. The van der Waals surface area contributed by atoms with Crippen molar-refractivity contribution in [3.05, 3.63) is 105 Å². The summed E-state index contributed by atoms with van der Waals surface area (Å²) in [5.41, 5.74) is 9.57. The summed E-state index contributed by atoms with van der Waals surface area (Å²) in [5, 5.41) is 8.05. The van der Waals surface area contributed by atoms with Gasteiger partial charge in [0.05, 0.1) is 31.0 Å². The minimum absolute atomic E-state index is 0. The molecule has 18 aliphatic rings. The van der Waals surface area contributed by atoms with Crippen LogP contribution in [0.15, 0.2) is 76.2 Å². The molecule has 7 heterocycles. The third kappa shape index (κ3) is 14.0. The average Bonchev–Trinajstić information content (AvgIpc) is 2.78. The number of thiophene rings is 1. The highest BCUT2D eigenvalue weighted by atomic mass is 32.2. The number of furan rings is 1. The van der Waals surface area contributed by atoms with Crippen LogP contribution in [0.4, 0.5) is 0 Å². The normalized spacial score (nSPS) is 42.0. The fourth-order valence-electron chi connectivity index (χ4n) is 22.7. The first-order valence-electron chi connectivity index (χ1n) is 36.8. The first-order chi connectivity index (χ1) is 42.3. The van der Waals surface area contributed by atoms with Crippen molar-refractivity contribution in [2.75, 3.05) is 13.8 Å². The second-order valence-corrected chi connectivity index (χ2v) is 34.1. The molecule has 22 unspecified atom stereocenters. The van der Waals surface area contributed by atoms with Crippen LogP contribution < -0.4 is 0 Å². The molecule has 14 aliphatic carbocycles. The van der Waals surface area contributed by atoms with Crippen molar-refractivity contribution >= 4 is 23.1 Å². The molecule has 0 radical (unpaired) electrons. The number of allylic oxidation sites excluding steroid dienone is 1. The van der Waals surface area contributed by atoms with Crippen molar-refractivity contribution in [3.8, 4) is 0 Å². The Balaban J connectivity index is 0.0000000892. The molecule has 1 saturated heterocycles. The largest absolute Gasteiger partial charge is 0.498 e. The van der Waals surface area contributed by atoms with Crippen LogP contribution in [-0.2, 0) is 59.8 Å². The van der Waals surface area contributed by atoms with Gasteiger partial charge in [-0.2, -0.15) is 11.3 Å². The van der Waals surface area contributed by atoms with Crippen molar-refractivity contribution in [3.63, 3.8) is 0 Å². The molecule has 0 bridgehead atoms. The first-order valence-corrected chi connectivity index (χ1v) is 38.7. The molecule has 8 heteroatoms. The van der Waals surface area contributed by atoms with E-state index in [4.69, 9.17) is 18.6 Å². The third-order valence-corrected chi connectivity index (χ3v) is 29.5. The number of fused-ring (bicyclic) bond motifs is 14. The van der Waals surface area contributed by atoms with E-state index in [9.17, 15) is 0 Å². The number of hydrogen-bond acceptors (Lipinski definition) is 7. The van der Waals surface area contributed by atoms with Gasteiger partial charge in [0.2, 0.25) is 0 Å². The molecule has 0 aromatic carbocycles. The SMILES string of the molecule is C.C1=CC2CC3CCCC3CC2O1.C1=CC2CC3CCCC3CC2S1.C1CC2CC3OCOC3CC2C1.CN1C=CC2CC3CCCC3CC21.Cn1cc2c(c1)CC1CCCC1C2.c1occ2c1CC1CCCC1C2.c1scc2c1CC1CCCC1C2. The fraction of sp³-hybridized carbons (Fsp3) is 0.772. The molecule has 478 valence electrons. The Morgan fingerprint density at radius 1 is 0.402 bits per heavy atom. The zero-order chi connectivity index (χ0) is 57.5. The lowest BCUT2D eigenvalue weighted by molar-refractivity contribution is 0.0385. The van der Waals surface area contributed by atoms with Gasteiger partial charge in [-0.3, -0.25) is 0 Å². The molecule has 21 rings (SSSR count). The van der Waals surface area contributed by atoms with Crippen molar-refractivity contribution in [1.82, 2.24) is 9.47 Å². The Bertz CT molecular complexity index is 2540. The highest BCUT2D eigenvalue weighted by Gasteiger charge is 2.45. The number of ether oxygens (including phenoxy) is 3. The molecule has 0 spiro atoms. The average molecular weight is 1220 g/mol. The predicted molar refractivity (Wildman–Crippen MR) is 360 cm³/mol. The van der Waals surface area contributed by atoms with Crippen LogP contribution in [0.5, 0.6) is 0 Å². The lowest BCUT2D eigenvalue weighted by Gasteiger charge is -2.37. The van der Waals surface area contributed by atoms with Crippen LogP contribution in [0.25, 0.3) is 0 Å². The first kappa shape index (κ1) is 61.8. The third-order valence-electron chi connectivity index (χ3n) is 27.5. The minimum atomic E-state index is 0. The van der Waals surface area contributed by atoms with E-state index < -0.39 is 0 Å². The molecule has 22 atom stereocenters. The van der Waals surface area contributed by atoms with E-state index in [1.165, 1.54) is 236 Å². The highest BCUT2D eigenvalue weighted by molar-refractivity contribution is 8.03. The van der Waals surface area contributed by atoms with Gasteiger partial charge in [-0.25, -0.2) is 0 Å². The molecular formula is C79H116N2O4S2. The predicted octanol–water partition coefficient (Wildman–Crippen LogP) is 20.0. The molecule has 6 nitrogen and oxygen atoms in total. The van der Waals surface area contributed by atoms with E-state index in [1.807, 2.05) is 30.1 Å². The van der Waals surface area contributed by atoms with Gasteiger partial charge >= 0.3 is 0 Å². The summed E-state index contributed by atoms with van der Waals surface area (Å²) < 4.78 is 24.1. The smallest absolute Gasteiger partial charge is 0.147 e. The topological polar surface area (TPSA) is 49.0 Å². The molecular weight excluding hydrogens is 1110 g/mol. The van der Waals surface area contributed by atoms with Gasteiger partial charge in [0.1, 0.15) is 12.9 Å². The molecule has 0 amide bonds. The van der Waals surface area contributed by atoms with Crippen molar-refractivity contribution in [2.24, 2.45) is 108 Å². The molecule has 4 aliphatic heterocycles. The quantitative estimate of drug-likeness (QED) is 0.224.